The number of carbonyl (C=O) groups excluding carboxylic acids is 1. The van der Waals surface area contributed by atoms with Gasteiger partial charge in [-0.2, -0.15) is 0 Å². The lowest BCUT2D eigenvalue weighted by Crippen LogP contribution is -2.49. The average Bonchev–Trinajstić information content (AvgIpc) is 2.54. The van der Waals surface area contributed by atoms with Crippen LogP contribution >= 0.6 is 0 Å². The van der Waals surface area contributed by atoms with Crippen molar-refractivity contribution in [1.29, 1.82) is 0 Å². The zero-order valence-corrected chi connectivity index (χ0v) is 13.3. The van der Waals surface area contributed by atoms with Crippen LogP contribution in [0.25, 0.3) is 0 Å². The summed E-state index contributed by atoms with van der Waals surface area (Å²) >= 11 is 0. The summed E-state index contributed by atoms with van der Waals surface area (Å²) in [7, 11) is 0. The molecule has 1 aliphatic heterocycles. The van der Waals surface area contributed by atoms with Gasteiger partial charge in [-0.05, 0) is 24.8 Å². The van der Waals surface area contributed by atoms with E-state index in [9.17, 15) is 20.0 Å². The first-order valence-electron chi connectivity index (χ1n) is 7.92. The summed E-state index contributed by atoms with van der Waals surface area (Å²) in [4.78, 5) is 24.6. The minimum Gasteiger partial charge on any atom is -0.394 e. The van der Waals surface area contributed by atoms with E-state index < -0.39 is 4.92 Å². The number of likely N-dealkylation sites (tertiary alicyclic amines) is 1. The molecule has 2 atom stereocenters. The second kappa shape index (κ2) is 7.92. The highest BCUT2D eigenvalue weighted by Crippen LogP contribution is 2.25. The van der Waals surface area contributed by atoms with Crippen LogP contribution in [-0.2, 0) is 4.79 Å². The van der Waals surface area contributed by atoms with E-state index in [0.717, 1.165) is 12.8 Å². The first-order valence-corrected chi connectivity index (χ1v) is 7.92. The van der Waals surface area contributed by atoms with Gasteiger partial charge in [0.1, 0.15) is 5.69 Å². The van der Waals surface area contributed by atoms with Crippen molar-refractivity contribution in [1.82, 2.24) is 4.90 Å². The van der Waals surface area contributed by atoms with Crippen LogP contribution in [0.4, 0.5) is 11.4 Å². The molecule has 0 bridgehead atoms. The Balaban J connectivity index is 1.91. The van der Waals surface area contributed by atoms with Crippen LogP contribution in [-0.4, -0.2) is 46.6 Å². The minimum absolute atomic E-state index is 0.000205. The Labute approximate surface area is 135 Å². The second-order valence-electron chi connectivity index (χ2n) is 5.91. The number of carbonyl (C=O) groups is 1. The van der Waals surface area contributed by atoms with E-state index in [0.29, 0.717) is 24.7 Å². The van der Waals surface area contributed by atoms with Gasteiger partial charge in [0.05, 0.1) is 17.6 Å². The molecule has 1 aromatic rings. The van der Waals surface area contributed by atoms with Crippen molar-refractivity contribution >= 4 is 17.3 Å². The SMILES string of the molecule is CC1CCCN(C(=O)CCNc2ccccc2[N+](=O)[O-])C1CO. The van der Waals surface area contributed by atoms with Crippen LogP contribution in [0.5, 0.6) is 0 Å². The Morgan fingerprint density at radius 3 is 2.91 bits per heavy atom. The number of anilines is 1. The molecule has 0 aliphatic carbocycles. The zero-order valence-electron chi connectivity index (χ0n) is 13.3. The molecule has 0 saturated carbocycles. The third-order valence-corrected chi connectivity index (χ3v) is 4.38. The highest BCUT2D eigenvalue weighted by molar-refractivity contribution is 5.77. The average molecular weight is 321 g/mol. The first-order chi connectivity index (χ1) is 11.0. The minimum atomic E-state index is -0.446. The van der Waals surface area contributed by atoms with E-state index in [1.54, 1.807) is 23.1 Å². The summed E-state index contributed by atoms with van der Waals surface area (Å²) in [5.74, 6) is 0.266. The predicted molar refractivity (Wildman–Crippen MR) is 87.2 cm³/mol. The van der Waals surface area contributed by atoms with Crippen LogP contribution in [0.15, 0.2) is 24.3 Å². The summed E-state index contributed by atoms with van der Waals surface area (Å²) < 4.78 is 0. The lowest BCUT2D eigenvalue weighted by Gasteiger charge is -2.39. The van der Waals surface area contributed by atoms with E-state index in [-0.39, 0.29) is 30.7 Å². The quantitative estimate of drug-likeness (QED) is 0.617. The highest BCUT2D eigenvalue weighted by atomic mass is 16.6. The number of rotatable bonds is 6. The van der Waals surface area contributed by atoms with Gasteiger partial charge < -0.3 is 15.3 Å². The van der Waals surface area contributed by atoms with Gasteiger partial charge in [0.2, 0.25) is 5.91 Å². The summed E-state index contributed by atoms with van der Waals surface area (Å²) in [6.45, 7) is 3.02. The maximum Gasteiger partial charge on any atom is 0.292 e. The standard InChI is InChI=1S/C16H23N3O4/c1-12-5-4-10-18(15(12)11-20)16(21)8-9-17-13-6-2-3-7-14(13)19(22)23/h2-3,6-7,12,15,17,20H,4-5,8-11H2,1H3. The summed E-state index contributed by atoms with van der Waals surface area (Å²) in [5, 5.41) is 23.4. The fraction of sp³-hybridized carbons (Fsp3) is 0.562. The first kappa shape index (κ1) is 17.2. The van der Waals surface area contributed by atoms with Gasteiger partial charge in [0.25, 0.3) is 5.69 Å². The highest BCUT2D eigenvalue weighted by Gasteiger charge is 2.30. The van der Waals surface area contributed by atoms with Crippen molar-refractivity contribution in [2.75, 3.05) is 25.0 Å². The molecule has 0 radical (unpaired) electrons. The number of hydrogen-bond donors (Lipinski definition) is 2. The Bertz CT molecular complexity index is 564. The molecule has 0 aromatic heterocycles. The molecule has 0 spiro atoms. The molecule has 1 amide bonds. The molecule has 1 heterocycles. The Morgan fingerprint density at radius 2 is 2.22 bits per heavy atom. The summed E-state index contributed by atoms with van der Waals surface area (Å²) in [5.41, 5.74) is 0.413. The maximum absolute atomic E-state index is 12.4. The predicted octanol–water partition coefficient (Wildman–Crippen LogP) is 2.02. The van der Waals surface area contributed by atoms with E-state index in [2.05, 4.69) is 5.32 Å². The number of aliphatic hydroxyl groups excluding tert-OH is 1. The largest absolute Gasteiger partial charge is 0.394 e. The van der Waals surface area contributed by atoms with Crippen molar-refractivity contribution in [3.8, 4) is 0 Å². The number of aliphatic hydroxyl groups is 1. The second-order valence-corrected chi connectivity index (χ2v) is 5.91. The molecule has 1 aliphatic rings. The lowest BCUT2D eigenvalue weighted by molar-refractivity contribution is -0.384. The van der Waals surface area contributed by atoms with Crippen molar-refractivity contribution in [2.45, 2.75) is 32.2 Å². The number of nitrogens with zero attached hydrogens (tertiary/aromatic N) is 2. The van der Waals surface area contributed by atoms with Crippen LogP contribution in [0, 0.1) is 16.0 Å². The van der Waals surface area contributed by atoms with Crippen molar-refractivity contribution in [3.05, 3.63) is 34.4 Å². The van der Waals surface area contributed by atoms with Crippen LogP contribution in [0.1, 0.15) is 26.2 Å². The summed E-state index contributed by atoms with van der Waals surface area (Å²) in [6, 6.07) is 6.25. The number of benzene rings is 1. The van der Waals surface area contributed by atoms with E-state index in [1.165, 1.54) is 6.07 Å². The molecular formula is C16H23N3O4. The lowest BCUT2D eigenvalue weighted by atomic mass is 9.91. The van der Waals surface area contributed by atoms with Crippen LogP contribution in [0.2, 0.25) is 0 Å². The molecule has 1 aromatic carbocycles. The van der Waals surface area contributed by atoms with Gasteiger partial charge in [-0.1, -0.05) is 19.1 Å². The van der Waals surface area contributed by atoms with Gasteiger partial charge in [0, 0.05) is 25.6 Å². The Morgan fingerprint density at radius 1 is 1.48 bits per heavy atom. The molecule has 23 heavy (non-hydrogen) atoms. The third kappa shape index (κ3) is 4.19. The number of nitrogens with one attached hydrogen (secondary N) is 1. The van der Waals surface area contributed by atoms with Crippen molar-refractivity contribution < 1.29 is 14.8 Å². The molecule has 1 saturated heterocycles. The maximum atomic E-state index is 12.4. The molecule has 2 N–H and O–H groups in total. The van der Waals surface area contributed by atoms with Crippen LogP contribution < -0.4 is 5.32 Å². The van der Waals surface area contributed by atoms with E-state index in [4.69, 9.17) is 0 Å². The number of nitro groups is 1. The zero-order chi connectivity index (χ0) is 16.8. The molecule has 2 unspecified atom stereocenters. The molecule has 7 heteroatoms. The number of para-hydroxylation sites is 2. The topological polar surface area (TPSA) is 95.7 Å². The molecule has 126 valence electrons. The number of nitro benzene ring substituents is 1. The van der Waals surface area contributed by atoms with Gasteiger partial charge in [-0.3, -0.25) is 14.9 Å². The van der Waals surface area contributed by atoms with Crippen LogP contribution in [0.3, 0.4) is 0 Å². The van der Waals surface area contributed by atoms with Gasteiger partial charge in [0.15, 0.2) is 0 Å². The number of piperidine rings is 1. The van der Waals surface area contributed by atoms with Crippen molar-refractivity contribution in [2.24, 2.45) is 5.92 Å². The number of amides is 1. The van der Waals surface area contributed by atoms with Gasteiger partial charge in [-0.25, -0.2) is 0 Å². The summed E-state index contributed by atoms with van der Waals surface area (Å²) in [6.07, 6.45) is 2.21. The van der Waals surface area contributed by atoms with Gasteiger partial charge >= 0.3 is 0 Å². The smallest absolute Gasteiger partial charge is 0.292 e. The van der Waals surface area contributed by atoms with Crippen molar-refractivity contribution in [3.63, 3.8) is 0 Å². The number of hydrogen-bond acceptors (Lipinski definition) is 5. The monoisotopic (exact) mass is 321 g/mol. The Hall–Kier alpha value is -2.15. The Kier molecular flexibility index (Phi) is 5.92. The normalized spacial score (nSPS) is 21.0. The van der Waals surface area contributed by atoms with Gasteiger partial charge in [-0.15, -0.1) is 0 Å². The van der Waals surface area contributed by atoms with E-state index in [1.807, 2.05) is 6.92 Å². The van der Waals surface area contributed by atoms with E-state index >= 15 is 0 Å². The third-order valence-electron chi connectivity index (χ3n) is 4.38. The fourth-order valence-electron chi connectivity index (χ4n) is 3.07. The molecular weight excluding hydrogens is 298 g/mol. The molecule has 7 nitrogen and oxygen atoms in total. The fourth-order valence-corrected chi connectivity index (χ4v) is 3.07. The molecule has 2 rings (SSSR count). The molecule has 1 fully saturated rings.